The molecule has 1 aromatic heterocycles. The molecular formula is C26H19F6N7. The van der Waals surface area contributed by atoms with Crippen LogP contribution in [0, 0.1) is 0 Å². The number of rotatable bonds is 8. The van der Waals surface area contributed by atoms with Crippen LogP contribution >= 0.6 is 0 Å². The van der Waals surface area contributed by atoms with E-state index in [1.807, 2.05) is 6.07 Å². The third kappa shape index (κ3) is 8.02. The number of anilines is 4. The Hall–Kier alpha value is -4.94. The van der Waals surface area contributed by atoms with Gasteiger partial charge in [-0.25, -0.2) is 5.43 Å². The van der Waals surface area contributed by atoms with Crippen LogP contribution in [0.25, 0.3) is 0 Å². The van der Waals surface area contributed by atoms with Gasteiger partial charge in [0.1, 0.15) is 5.82 Å². The third-order valence-corrected chi connectivity index (χ3v) is 4.97. The first kappa shape index (κ1) is 27.1. The van der Waals surface area contributed by atoms with Crippen molar-refractivity contribution in [2.45, 2.75) is 12.4 Å². The molecule has 0 atom stereocenters. The molecule has 13 heteroatoms. The monoisotopic (exact) mass is 543 g/mol. The van der Waals surface area contributed by atoms with E-state index >= 15 is 0 Å². The molecule has 39 heavy (non-hydrogen) atoms. The molecule has 0 spiro atoms. The molecule has 3 aromatic carbocycles. The smallest absolute Gasteiger partial charge is 0.340 e. The van der Waals surface area contributed by atoms with E-state index in [0.717, 1.165) is 24.3 Å². The first-order chi connectivity index (χ1) is 18.6. The van der Waals surface area contributed by atoms with Gasteiger partial charge in [-0.3, -0.25) is 5.43 Å². The van der Waals surface area contributed by atoms with Crippen LogP contribution in [0.1, 0.15) is 22.3 Å². The molecule has 0 aliphatic heterocycles. The fourth-order valence-corrected chi connectivity index (χ4v) is 3.22. The number of nitrogens with zero attached hydrogens (tertiary/aromatic N) is 4. The molecule has 200 valence electrons. The van der Waals surface area contributed by atoms with Crippen molar-refractivity contribution in [3.63, 3.8) is 0 Å². The molecule has 1 heterocycles. The van der Waals surface area contributed by atoms with Crippen LogP contribution in [0.3, 0.4) is 0 Å². The highest BCUT2D eigenvalue weighted by atomic mass is 19.4. The Kier molecular flexibility index (Phi) is 8.08. The summed E-state index contributed by atoms with van der Waals surface area (Å²) in [7, 11) is 0. The van der Waals surface area contributed by atoms with E-state index in [9.17, 15) is 26.3 Å². The van der Waals surface area contributed by atoms with E-state index in [1.54, 1.807) is 24.3 Å². The van der Waals surface area contributed by atoms with Gasteiger partial charge in [-0.15, -0.1) is 0 Å². The second-order valence-corrected chi connectivity index (χ2v) is 7.94. The van der Waals surface area contributed by atoms with E-state index in [1.165, 1.54) is 42.8 Å². The molecule has 0 saturated heterocycles. The Morgan fingerprint density at radius 2 is 1.13 bits per heavy atom. The Bertz CT molecular complexity index is 1380. The minimum Gasteiger partial charge on any atom is -0.340 e. The van der Waals surface area contributed by atoms with Crippen LogP contribution in [0.4, 0.5) is 49.6 Å². The molecule has 0 radical (unpaired) electrons. The van der Waals surface area contributed by atoms with E-state index in [0.29, 0.717) is 11.5 Å². The van der Waals surface area contributed by atoms with Crippen LogP contribution in [-0.4, -0.2) is 22.4 Å². The van der Waals surface area contributed by atoms with E-state index in [4.69, 9.17) is 0 Å². The summed E-state index contributed by atoms with van der Waals surface area (Å²) >= 11 is 0. The molecule has 0 fully saturated rings. The molecule has 0 bridgehead atoms. The number of benzene rings is 3. The molecule has 4 rings (SSSR count). The molecule has 3 N–H and O–H groups in total. The van der Waals surface area contributed by atoms with E-state index < -0.39 is 23.5 Å². The quantitative estimate of drug-likeness (QED) is 0.125. The molecule has 0 unspecified atom stereocenters. The van der Waals surface area contributed by atoms with Crippen molar-refractivity contribution in [1.29, 1.82) is 0 Å². The number of para-hydroxylation sites is 1. The van der Waals surface area contributed by atoms with Gasteiger partial charge in [0.15, 0.2) is 5.82 Å². The lowest BCUT2D eigenvalue weighted by Crippen LogP contribution is -2.06. The summed E-state index contributed by atoms with van der Waals surface area (Å²) < 4.78 is 77.7. The fourth-order valence-electron chi connectivity index (χ4n) is 3.22. The maximum absolute atomic E-state index is 13.0. The van der Waals surface area contributed by atoms with Crippen molar-refractivity contribution < 1.29 is 26.3 Å². The van der Waals surface area contributed by atoms with Gasteiger partial charge in [0.25, 0.3) is 0 Å². The summed E-state index contributed by atoms with van der Waals surface area (Å²) in [5.41, 5.74) is 4.66. The van der Waals surface area contributed by atoms with Crippen LogP contribution < -0.4 is 16.2 Å². The maximum Gasteiger partial charge on any atom is 0.416 e. The van der Waals surface area contributed by atoms with Crippen molar-refractivity contribution in [2.75, 3.05) is 16.2 Å². The minimum absolute atomic E-state index is 0.0316. The second-order valence-electron chi connectivity index (χ2n) is 7.94. The number of aromatic nitrogens is 2. The van der Waals surface area contributed by atoms with Crippen molar-refractivity contribution in [1.82, 2.24) is 9.97 Å². The molecule has 0 aliphatic carbocycles. The molecule has 0 amide bonds. The van der Waals surface area contributed by atoms with Crippen molar-refractivity contribution in [3.05, 3.63) is 107 Å². The van der Waals surface area contributed by atoms with E-state index in [-0.39, 0.29) is 22.9 Å². The average Bonchev–Trinajstić information content (AvgIpc) is 2.89. The van der Waals surface area contributed by atoms with Gasteiger partial charge in [0, 0.05) is 11.8 Å². The SMILES string of the molecule is FC(F)(F)c1cccc(C=NNc2cc(Nc3ccccc3)nc(NN=Cc3cccc(C(F)(F)F)c3)n2)c1. The molecule has 7 nitrogen and oxygen atoms in total. The zero-order chi connectivity index (χ0) is 27.9. The Morgan fingerprint density at radius 1 is 0.590 bits per heavy atom. The van der Waals surface area contributed by atoms with Gasteiger partial charge in [-0.1, -0.05) is 42.5 Å². The van der Waals surface area contributed by atoms with E-state index in [2.05, 4.69) is 36.3 Å². The number of hydrogen-bond acceptors (Lipinski definition) is 7. The number of halogens is 6. The van der Waals surface area contributed by atoms with Crippen LogP contribution in [0.15, 0.2) is 95.1 Å². The van der Waals surface area contributed by atoms with Gasteiger partial charge in [-0.05, 0) is 47.5 Å². The minimum atomic E-state index is -4.49. The third-order valence-electron chi connectivity index (χ3n) is 4.97. The fraction of sp³-hybridized carbons (Fsp3) is 0.0769. The van der Waals surface area contributed by atoms with Crippen LogP contribution in [-0.2, 0) is 12.4 Å². The van der Waals surface area contributed by atoms with Crippen molar-refractivity contribution in [3.8, 4) is 0 Å². The predicted molar refractivity (Wildman–Crippen MR) is 137 cm³/mol. The van der Waals surface area contributed by atoms with Gasteiger partial charge in [-0.2, -0.15) is 46.5 Å². The first-order valence-corrected chi connectivity index (χ1v) is 11.2. The highest BCUT2D eigenvalue weighted by Crippen LogP contribution is 2.30. The normalized spacial score (nSPS) is 12.2. The number of alkyl halides is 6. The van der Waals surface area contributed by atoms with Gasteiger partial charge in [0.2, 0.25) is 5.95 Å². The number of hydrogen-bond donors (Lipinski definition) is 3. The summed E-state index contributed by atoms with van der Waals surface area (Å²) in [6.07, 6.45) is -6.61. The molecule has 0 aliphatic rings. The standard InChI is InChI=1S/C26H19F6N7/c27-25(28,29)19-8-4-6-17(12-19)15-33-38-23-14-22(35-21-10-2-1-3-11-21)36-24(37-23)39-34-16-18-7-5-9-20(13-18)26(30,31)32/h1-16H,(H3,35,36,37,38,39). The highest BCUT2D eigenvalue weighted by Gasteiger charge is 2.30. The zero-order valence-corrected chi connectivity index (χ0v) is 19.8. The number of nitrogens with one attached hydrogen (secondary N) is 3. The molecule has 0 saturated carbocycles. The average molecular weight is 543 g/mol. The van der Waals surface area contributed by atoms with Crippen LogP contribution in [0.2, 0.25) is 0 Å². The maximum atomic E-state index is 13.0. The highest BCUT2D eigenvalue weighted by molar-refractivity contribution is 5.81. The topological polar surface area (TPSA) is 86.6 Å². The Balaban J connectivity index is 1.54. The number of hydrazone groups is 2. The summed E-state index contributed by atoms with van der Waals surface area (Å²) in [4.78, 5) is 8.47. The summed E-state index contributed by atoms with van der Waals surface area (Å²) in [6.45, 7) is 0. The first-order valence-electron chi connectivity index (χ1n) is 11.2. The van der Waals surface area contributed by atoms with Gasteiger partial charge in [0.05, 0.1) is 23.6 Å². The summed E-state index contributed by atoms with van der Waals surface area (Å²) in [5, 5.41) is 10.9. The van der Waals surface area contributed by atoms with Gasteiger partial charge >= 0.3 is 12.4 Å². The van der Waals surface area contributed by atoms with Crippen molar-refractivity contribution in [2.24, 2.45) is 10.2 Å². The van der Waals surface area contributed by atoms with Crippen molar-refractivity contribution >= 4 is 35.7 Å². The summed E-state index contributed by atoms with van der Waals surface area (Å²) in [6, 6.07) is 19.7. The largest absolute Gasteiger partial charge is 0.416 e. The molecular weight excluding hydrogens is 524 g/mol. The lowest BCUT2D eigenvalue weighted by Gasteiger charge is -2.10. The zero-order valence-electron chi connectivity index (χ0n) is 19.8. The van der Waals surface area contributed by atoms with Gasteiger partial charge < -0.3 is 5.32 Å². The Morgan fingerprint density at radius 3 is 1.69 bits per heavy atom. The predicted octanol–water partition coefficient (Wildman–Crippen LogP) is 7.15. The second kappa shape index (κ2) is 11.6. The lowest BCUT2D eigenvalue weighted by atomic mass is 10.1. The lowest BCUT2D eigenvalue weighted by molar-refractivity contribution is -0.138. The summed E-state index contributed by atoms with van der Waals surface area (Å²) in [5.74, 6) is 0.434. The van der Waals surface area contributed by atoms with Crippen LogP contribution in [0.5, 0.6) is 0 Å². The molecule has 4 aromatic rings. The Labute approximate surface area is 218 Å².